The Labute approximate surface area is 202 Å². The second-order valence-electron chi connectivity index (χ2n) is 11.4. The van der Waals surface area contributed by atoms with E-state index in [2.05, 4.69) is 26.8 Å². The lowest BCUT2D eigenvalue weighted by Gasteiger charge is -2.55. The quantitative estimate of drug-likeness (QED) is 0.416. The summed E-state index contributed by atoms with van der Waals surface area (Å²) in [5, 5.41) is 0. The van der Waals surface area contributed by atoms with Gasteiger partial charge in [0.1, 0.15) is 6.61 Å². The average Bonchev–Trinajstić information content (AvgIpc) is 3.09. The number of carbonyl (C=O) groups is 4. The molecular weight excluding hydrogens is 432 g/mol. The Morgan fingerprint density at radius 3 is 2.53 bits per heavy atom. The van der Waals surface area contributed by atoms with Gasteiger partial charge in [-0.1, -0.05) is 44.9 Å². The zero-order valence-electron chi connectivity index (χ0n) is 21.1. The number of rotatable bonds is 6. The van der Waals surface area contributed by atoms with Gasteiger partial charge in [-0.2, -0.15) is 0 Å². The van der Waals surface area contributed by atoms with Gasteiger partial charge in [0.25, 0.3) is 0 Å². The van der Waals surface area contributed by atoms with Crippen molar-refractivity contribution in [2.24, 2.45) is 40.4 Å². The van der Waals surface area contributed by atoms with Gasteiger partial charge in [0.2, 0.25) is 0 Å². The molecule has 0 aromatic heterocycles. The van der Waals surface area contributed by atoms with Gasteiger partial charge in [-0.3, -0.25) is 19.2 Å². The van der Waals surface area contributed by atoms with E-state index in [9.17, 15) is 19.2 Å². The first-order valence-corrected chi connectivity index (χ1v) is 12.8. The fraction of sp³-hybridized carbons (Fsp3) is 0.714. The Kier molecular flexibility index (Phi) is 6.65. The normalized spacial score (nSPS) is 38.6. The number of carbonyl (C=O) groups excluding carboxylic acids is 4. The van der Waals surface area contributed by atoms with Gasteiger partial charge < -0.3 is 9.47 Å². The third-order valence-corrected chi connectivity index (χ3v) is 9.34. The molecule has 34 heavy (non-hydrogen) atoms. The lowest BCUT2D eigenvalue weighted by molar-refractivity contribution is -0.150. The van der Waals surface area contributed by atoms with E-state index in [0.29, 0.717) is 24.7 Å². The summed E-state index contributed by atoms with van der Waals surface area (Å²) in [6.45, 7) is 9.79. The molecule has 0 aromatic rings. The molecule has 7 atom stereocenters. The van der Waals surface area contributed by atoms with Gasteiger partial charge in [-0.25, -0.2) is 0 Å². The molecule has 0 N–H and O–H groups in total. The molecule has 0 bridgehead atoms. The van der Waals surface area contributed by atoms with E-state index in [0.717, 1.165) is 25.7 Å². The summed E-state index contributed by atoms with van der Waals surface area (Å²) in [4.78, 5) is 48.9. The smallest absolute Gasteiger partial charge is 0.305 e. The van der Waals surface area contributed by atoms with Gasteiger partial charge in [0.05, 0.1) is 6.61 Å². The molecule has 4 rings (SSSR count). The van der Waals surface area contributed by atoms with Crippen LogP contribution in [0.15, 0.2) is 23.3 Å². The van der Waals surface area contributed by atoms with Crippen LogP contribution in [0, 0.1) is 40.4 Å². The maximum absolute atomic E-state index is 13.4. The highest BCUT2D eigenvalue weighted by molar-refractivity contribution is 5.92. The Hall–Kier alpha value is -2.24. The van der Waals surface area contributed by atoms with Crippen LogP contribution >= 0.6 is 0 Å². The lowest BCUT2D eigenvalue weighted by Crippen LogP contribution is -2.48. The third-order valence-electron chi connectivity index (χ3n) is 9.34. The zero-order valence-corrected chi connectivity index (χ0v) is 21.1. The summed E-state index contributed by atoms with van der Waals surface area (Å²) in [5.74, 6) is -0.0593. The maximum atomic E-state index is 13.4. The average molecular weight is 471 g/mol. The topological polar surface area (TPSA) is 86.7 Å². The second kappa shape index (κ2) is 9.09. The van der Waals surface area contributed by atoms with Crippen molar-refractivity contribution in [3.63, 3.8) is 0 Å². The van der Waals surface area contributed by atoms with Gasteiger partial charge >= 0.3 is 11.9 Å². The molecule has 0 saturated heterocycles. The molecule has 0 amide bonds. The van der Waals surface area contributed by atoms with Crippen LogP contribution in [-0.4, -0.2) is 36.7 Å². The summed E-state index contributed by atoms with van der Waals surface area (Å²) < 4.78 is 10.6. The van der Waals surface area contributed by atoms with E-state index in [1.807, 2.05) is 6.08 Å². The van der Waals surface area contributed by atoms with Crippen LogP contribution in [0.4, 0.5) is 0 Å². The van der Waals surface area contributed by atoms with Gasteiger partial charge in [0.15, 0.2) is 11.6 Å². The first kappa shape index (κ1) is 24.9. The molecular formula is C28H38O6. The lowest BCUT2D eigenvalue weighted by atomic mass is 9.49. The first-order valence-electron chi connectivity index (χ1n) is 12.8. The summed E-state index contributed by atoms with van der Waals surface area (Å²) in [7, 11) is 0. The molecule has 4 aliphatic carbocycles. The highest BCUT2D eigenvalue weighted by atomic mass is 16.5. The molecule has 6 nitrogen and oxygen atoms in total. The minimum atomic E-state index is -0.465. The molecule has 186 valence electrons. The van der Waals surface area contributed by atoms with Crippen molar-refractivity contribution in [2.75, 3.05) is 13.2 Å². The number of ether oxygens (including phenoxy) is 2. The minimum absolute atomic E-state index is 0.0754. The van der Waals surface area contributed by atoms with Gasteiger partial charge in [-0.05, 0) is 54.9 Å². The van der Waals surface area contributed by atoms with E-state index in [-0.39, 0.29) is 59.3 Å². The molecule has 0 unspecified atom stereocenters. The number of hydrogen-bond donors (Lipinski definition) is 0. The third kappa shape index (κ3) is 4.07. The predicted molar refractivity (Wildman–Crippen MR) is 126 cm³/mol. The molecule has 0 heterocycles. The van der Waals surface area contributed by atoms with Crippen molar-refractivity contribution in [2.45, 2.75) is 73.1 Å². The summed E-state index contributed by atoms with van der Waals surface area (Å²) in [6.07, 6.45) is 8.52. The fourth-order valence-corrected chi connectivity index (χ4v) is 7.81. The first-order chi connectivity index (χ1) is 16.0. The second-order valence-corrected chi connectivity index (χ2v) is 11.4. The van der Waals surface area contributed by atoms with Crippen molar-refractivity contribution in [1.29, 1.82) is 0 Å². The van der Waals surface area contributed by atoms with Crippen molar-refractivity contribution in [1.82, 2.24) is 0 Å². The van der Waals surface area contributed by atoms with Crippen molar-refractivity contribution < 1.29 is 28.7 Å². The van der Waals surface area contributed by atoms with E-state index in [1.165, 1.54) is 18.1 Å². The molecule has 0 aliphatic heterocycles. The standard InChI is InChI=1S/C28H38O6/c1-6-25(32)34-14-18-12-23-20-11-16(2)22-13-19(30)7-9-27(22,4)21(20)8-10-28(23,5)26(18)24(31)15-33-17(3)29/h8,13,16,18,20,23,26H,6-7,9-12,14-15H2,1-5H3/t16-,18+,20+,23-,26+,27+,28-/m0/s1. The number of Topliss-reactive ketones (excluding diaryl/α,β-unsaturated/α-hetero) is 1. The van der Waals surface area contributed by atoms with Crippen molar-refractivity contribution in [3.8, 4) is 0 Å². The summed E-state index contributed by atoms with van der Waals surface area (Å²) in [6, 6.07) is 0. The Bertz CT molecular complexity index is 960. The predicted octanol–water partition coefficient (Wildman–Crippen LogP) is 4.61. The Morgan fingerprint density at radius 2 is 1.85 bits per heavy atom. The van der Waals surface area contributed by atoms with Gasteiger partial charge in [0, 0.05) is 37.0 Å². The van der Waals surface area contributed by atoms with Crippen LogP contribution < -0.4 is 0 Å². The Morgan fingerprint density at radius 1 is 1.12 bits per heavy atom. The number of hydrogen-bond acceptors (Lipinski definition) is 6. The van der Waals surface area contributed by atoms with Crippen LogP contribution in [0.1, 0.15) is 73.1 Å². The van der Waals surface area contributed by atoms with E-state index >= 15 is 0 Å². The van der Waals surface area contributed by atoms with Crippen molar-refractivity contribution >= 4 is 23.5 Å². The molecule has 4 aliphatic rings. The van der Waals surface area contributed by atoms with E-state index < -0.39 is 5.97 Å². The molecule has 0 radical (unpaired) electrons. The monoisotopic (exact) mass is 470 g/mol. The summed E-state index contributed by atoms with van der Waals surface area (Å²) in [5.41, 5.74) is 2.32. The highest BCUT2D eigenvalue weighted by Crippen LogP contribution is 2.66. The van der Waals surface area contributed by atoms with Crippen LogP contribution in [-0.2, 0) is 28.7 Å². The minimum Gasteiger partial charge on any atom is -0.465 e. The van der Waals surface area contributed by atoms with E-state index in [4.69, 9.17) is 9.47 Å². The van der Waals surface area contributed by atoms with Crippen LogP contribution in [0.5, 0.6) is 0 Å². The number of allylic oxidation sites excluding steroid dienone is 4. The molecule has 0 aromatic carbocycles. The van der Waals surface area contributed by atoms with Crippen LogP contribution in [0.3, 0.4) is 0 Å². The molecule has 2 saturated carbocycles. The van der Waals surface area contributed by atoms with Crippen LogP contribution in [0.25, 0.3) is 0 Å². The summed E-state index contributed by atoms with van der Waals surface area (Å²) >= 11 is 0. The SMILES string of the molecule is CCC(=O)OC[C@H]1C[C@H]2[C@@H]3C[C@H](C)C4=CC(=O)CC[C@]4(C)C3=CC[C@]2(C)[C@H]1C(=O)COC(C)=O. The number of esters is 2. The van der Waals surface area contributed by atoms with Crippen LogP contribution in [0.2, 0.25) is 0 Å². The Balaban J connectivity index is 1.68. The van der Waals surface area contributed by atoms with Crippen molar-refractivity contribution in [3.05, 3.63) is 23.3 Å². The van der Waals surface area contributed by atoms with E-state index in [1.54, 1.807) is 6.92 Å². The highest BCUT2D eigenvalue weighted by Gasteiger charge is 2.61. The largest absolute Gasteiger partial charge is 0.465 e. The molecule has 6 heteroatoms. The number of fused-ring (bicyclic) bond motifs is 5. The molecule has 0 spiro atoms. The fourth-order valence-electron chi connectivity index (χ4n) is 7.81. The number of ketones is 2. The van der Waals surface area contributed by atoms with Gasteiger partial charge in [-0.15, -0.1) is 0 Å². The zero-order chi connectivity index (χ0) is 24.8. The molecule has 2 fully saturated rings. The maximum Gasteiger partial charge on any atom is 0.305 e.